The van der Waals surface area contributed by atoms with Gasteiger partial charge in [0.05, 0.1) is 20.8 Å². The lowest BCUT2D eigenvalue weighted by Crippen LogP contribution is -2.62. The summed E-state index contributed by atoms with van der Waals surface area (Å²) in [7, 11) is 3.19. The van der Waals surface area contributed by atoms with Gasteiger partial charge >= 0.3 is 0 Å². The fourth-order valence-electron chi connectivity index (χ4n) is 7.44. The average molecular weight is 580 g/mol. The molecule has 1 amide bonds. The van der Waals surface area contributed by atoms with Gasteiger partial charge in [-0.05, 0) is 49.0 Å². The minimum absolute atomic E-state index is 0.0268. The molecule has 4 atom stereocenters. The molecule has 2 fully saturated rings. The number of ether oxygens (including phenoxy) is 4. The highest BCUT2D eigenvalue weighted by atomic mass is 16.7. The molecule has 0 spiro atoms. The fourth-order valence-corrected chi connectivity index (χ4v) is 7.44. The molecule has 2 unspecified atom stereocenters. The Labute approximate surface area is 252 Å². The maximum atomic E-state index is 13.5. The van der Waals surface area contributed by atoms with Gasteiger partial charge in [-0.15, -0.1) is 0 Å². The van der Waals surface area contributed by atoms with Crippen LogP contribution < -0.4 is 9.47 Å². The molecule has 43 heavy (non-hydrogen) atoms. The average Bonchev–Trinajstić information content (AvgIpc) is 3.89. The van der Waals surface area contributed by atoms with Gasteiger partial charge in [-0.1, -0.05) is 66.7 Å². The Morgan fingerprint density at radius 2 is 1.72 bits per heavy atom. The predicted octanol–water partition coefficient (Wildman–Crippen LogP) is 5.91. The monoisotopic (exact) mass is 579 g/mol. The number of likely N-dealkylation sites (tertiary alicyclic amines) is 1. The number of benzene rings is 3. The van der Waals surface area contributed by atoms with Crippen LogP contribution in [0, 0.1) is 11.8 Å². The van der Waals surface area contributed by atoms with E-state index >= 15 is 0 Å². The Balaban J connectivity index is 1.33. The van der Waals surface area contributed by atoms with E-state index in [1.165, 1.54) is 0 Å². The third-order valence-electron chi connectivity index (χ3n) is 9.66. The highest BCUT2D eigenvalue weighted by Crippen LogP contribution is 2.59. The fraction of sp³-hybridized carbons (Fsp3) is 0.389. The second-order valence-electron chi connectivity index (χ2n) is 12.1. The molecular weight excluding hydrogens is 542 g/mol. The minimum atomic E-state index is -0.713. The van der Waals surface area contributed by atoms with E-state index in [0.717, 1.165) is 35.1 Å². The molecule has 4 aliphatic rings. The number of Topliss-reactive ketones (excluding diaryl/α,β-unsaturated/α-hetero) is 1. The number of fused-ring (bicyclic) bond motifs is 1. The smallest absolute Gasteiger partial charge is 0.227 e. The molecular formula is C36H37NO6. The van der Waals surface area contributed by atoms with E-state index in [1.54, 1.807) is 14.2 Å². The third kappa shape index (κ3) is 4.89. The van der Waals surface area contributed by atoms with Crippen LogP contribution >= 0.6 is 0 Å². The Hall–Kier alpha value is -4.10. The van der Waals surface area contributed by atoms with Gasteiger partial charge in [0.15, 0.2) is 23.0 Å². The van der Waals surface area contributed by atoms with E-state index in [1.807, 2.05) is 72.8 Å². The lowest BCUT2D eigenvalue weighted by Gasteiger charge is -2.57. The predicted molar refractivity (Wildman–Crippen MR) is 160 cm³/mol. The molecule has 3 aromatic carbocycles. The van der Waals surface area contributed by atoms with E-state index < -0.39 is 11.7 Å². The summed E-state index contributed by atoms with van der Waals surface area (Å²) in [4.78, 5) is 29.1. The Bertz CT molecular complexity index is 1550. The van der Waals surface area contributed by atoms with E-state index in [4.69, 9.17) is 18.9 Å². The second kappa shape index (κ2) is 11.2. The molecule has 222 valence electrons. The number of carbonyl (C=O) groups is 2. The molecule has 0 N–H and O–H groups in total. The van der Waals surface area contributed by atoms with E-state index in [-0.39, 0.29) is 36.0 Å². The maximum absolute atomic E-state index is 13.5. The number of rotatable bonds is 9. The van der Waals surface area contributed by atoms with Crippen molar-refractivity contribution in [2.45, 2.75) is 56.5 Å². The van der Waals surface area contributed by atoms with Gasteiger partial charge in [0, 0.05) is 47.4 Å². The van der Waals surface area contributed by atoms with E-state index in [0.29, 0.717) is 43.3 Å². The number of hydrogen-bond acceptors (Lipinski definition) is 6. The van der Waals surface area contributed by atoms with Crippen molar-refractivity contribution in [2.24, 2.45) is 11.8 Å². The van der Waals surface area contributed by atoms with Gasteiger partial charge in [0.25, 0.3) is 0 Å². The van der Waals surface area contributed by atoms with Crippen LogP contribution in [0.1, 0.15) is 54.2 Å². The van der Waals surface area contributed by atoms with Crippen LogP contribution in [-0.4, -0.2) is 43.4 Å². The molecule has 1 aliphatic heterocycles. The molecule has 2 bridgehead atoms. The summed E-state index contributed by atoms with van der Waals surface area (Å²) in [5.41, 5.74) is 3.45. The Morgan fingerprint density at radius 3 is 2.42 bits per heavy atom. The van der Waals surface area contributed by atoms with Crippen LogP contribution in [-0.2, 0) is 37.5 Å². The lowest BCUT2D eigenvalue weighted by atomic mass is 9.53. The first-order valence-corrected chi connectivity index (χ1v) is 15.2. The quantitative estimate of drug-likeness (QED) is 0.293. The number of methoxy groups -OCH3 is 2. The summed E-state index contributed by atoms with van der Waals surface area (Å²) < 4.78 is 24.8. The molecule has 7 heteroatoms. The molecule has 7 nitrogen and oxygen atoms in total. The van der Waals surface area contributed by atoms with Gasteiger partial charge in [-0.3, -0.25) is 9.59 Å². The summed E-state index contributed by atoms with van der Waals surface area (Å²) in [6, 6.07) is 23.9. The van der Waals surface area contributed by atoms with Gasteiger partial charge in [-0.25, -0.2) is 0 Å². The van der Waals surface area contributed by atoms with Crippen LogP contribution in [0.25, 0.3) is 0 Å². The topological polar surface area (TPSA) is 74.3 Å². The SMILES string of the molecule is COC1=CC2[C@@H]3Cc4ccc(OC)c(OC(OCc5ccccc5)c5ccccc5)c4[C@]2(CCN3C(=O)C2CC2)CC1=O. The summed E-state index contributed by atoms with van der Waals surface area (Å²) in [6.45, 7) is 0.979. The first-order valence-electron chi connectivity index (χ1n) is 15.2. The number of amides is 1. The Kier molecular flexibility index (Phi) is 7.21. The van der Waals surface area contributed by atoms with Crippen molar-refractivity contribution in [3.05, 3.63) is 107 Å². The molecule has 1 saturated heterocycles. The van der Waals surface area contributed by atoms with Crippen molar-refractivity contribution >= 4 is 11.7 Å². The zero-order valence-corrected chi connectivity index (χ0v) is 24.7. The third-order valence-corrected chi connectivity index (χ3v) is 9.66. The molecule has 1 saturated carbocycles. The van der Waals surface area contributed by atoms with Gasteiger partial charge in [0.2, 0.25) is 12.2 Å². The highest BCUT2D eigenvalue weighted by molar-refractivity contribution is 5.96. The summed E-state index contributed by atoms with van der Waals surface area (Å²) in [5.74, 6) is 1.85. The zero-order valence-electron chi connectivity index (χ0n) is 24.7. The van der Waals surface area contributed by atoms with Crippen molar-refractivity contribution in [3.63, 3.8) is 0 Å². The summed E-state index contributed by atoms with van der Waals surface area (Å²) >= 11 is 0. The number of piperidine rings is 1. The number of hydrogen-bond donors (Lipinski definition) is 0. The van der Waals surface area contributed by atoms with Gasteiger partial charge < -0.3 is 23.8 Å². The molecule has 3 aliphatic carbocycles. The van der Waals surface area contributed by atoms with Crippen molar-refractivity contribution < 1.29 is 28.5 Å². The van der Waals surface area contributed by atoms with E-state index in [2.05, 4.69) is 11.0 Å². The molecule has 3 aromatic rings. The number of ketones is 1. The van der Waals surface area contributed by atoms with Crippen molar-refractivity contribution in [2.75, 3.05) is 20.8 Å². The number of allylic oxidation sites excluding steroid dienone is 1. The summed E-state index contributed by atoms with van der Waals surface area (Å²) in [5, 5.41) is 0. The highest BCUT2D eigenvalue weighted by Gasteiger charge is 2.59. The van der Waals surface area contributed by atoms with Crippen LogP contribution in [0.5, 0.6) is 11.5 Å². The first-order chi connectivity index (χ1) is 21.0. The second-order valence-corrected chi connectivity index (χ2v) is 12.1. The summed E-state index contributed by atoms with van der Waals surface area (Å²) in [6.07, 6.45) is 4.81. The molecule has 0 radical (unpaired) electrons. The van der Waals surface area contributed by atoms with Crippen LogP contribution in [0.4, 0.5) is 0 Å². The van der Waals surface area contributed by atoms with Crippen LogP contribution in [0.2, 0.25) is 0 Å². The normalized spacial score (nSPS) is 24.7. The van der Waals surface area contributed by atoms with Crippen molar-refractivity contribution in [3.8, 4) is 11.5 Å². The van der Waals surface area contributed by atoms with Crippen LogP contribution in [0.3, 0.4) is 0 Å². The minimum Gasteiger partial charge on any atom is -0.493 e. The maximum Gasteiger partial charge on any atom is 0.227 e. The zero-order chi connectivity index (χ0) is 29.6. The molecule has 0 aromatic heterocycles. The van der Waals surface area contributed by atoms with Crippen molar-refractivity contribution in [1.29, 1.82) is 0 Å². The lowest BCUT2D eigenvalue weighted by molar-refractivity contribution is -0.141. The molecule has 1 heterocycles. The first kappa shape index (κ1) is 27.7. The van der Waals surface area contributed by atoms with Gasteiger partial charge in [-0.2, -0.15) is 0 Å². The number of nitrogens with zero attached hydrogens (tertiary/aromatic N) is 1. The molecule has 7 rings (SSSR count). The Morgan fingerprint density at radius 1 is 0.977 bits per heavy atom. The van der Waals surface area contributed by atoms with Crippen LogP contribution in [0.15, 0.2) is 84.6 Å². The van der Waals surface area contributed by atoms with E-state index in [9.17, 15) is 9.59 Å². The van der Waals surface area contributed by atoms with Gasteiger partial charge in [0.1, 0.15) is 0 Å². The van der Waals surface area contributed by atoms with Crippen molar-refractivity contribution in [1.82, 2.24) is 4.90 Å². The largest absolute Gasteiger partial charge is 0.493 e. The number of carbonyl (C=O) groups excluding carboxylic acids is 2. The standard InChI is InChI=1S/C36H37NO6/c1-40-30-16-15-26-19-28-27-20-31(41-2)29(38)21-36(27,17-18-37(28)34(39)24-13-14-24)32(26)33(30)43-35(25-11-7-4-8-12-25)42-22-23-9-5-3-6-10-23/h3-12,15-16,20,24,27-28,35H,13-14,17-19,21-22H2,1-2H3/t27?,28-,35?,36+/m0/s1.